The van der Waals surface area contributed by atoms with Crippen LogP contribution in [0.1, 0.15) is 44.9 Å². The first-order valence-electron chi connectivity index (χ1n) is 8.46. The molecule has 0 aromatic rings. The van der Waals surface area contributed by atoms with Gasteiger partial charge in [0.2, 0.25) is 0 Å². The van der Waals surface area contributed by atoms with Crippen molar-refractivity contribution in [3.63, 3.8) is 0 Å². The van der Waals surface area contributed by atoms with Gasteiger partial charge in [-0.05, 0) is 57.2 Å². The molecule has 3 aliphatic rings. The Balaban J connectivity index is 1.34. The van der Waals surface area contributed by atoms with E-state index >= 15 is 0 Å². The Kier molecular flexibility index (Phi) is 5.14. The van der Waals surface area contributed by atoms with Gasteiger partial charge in [-0.3, -0.25) is 0 Å². The third-order valence-corrected chi connectivity index (χ3v) is 5.42. The third-order valence-electron chi connectivity index (χ3n) is 5.42. The molecule has 110 valence electrons. The van der Waals surface area contributed by atoms with Gasteiger partial charge in [-0.1, -0.05) is 19.3 Å². The van der Waals surface area contributed by atoms with Gasteiger partial charge in [-0.2, -0.15) is 0 Å². The van der Waals surface area contributed by atoms with Crippen molar-refractivity contribution in [2.75, 3.05) is 39.3 Å². The van der Waals surface area contributed by atoms with Gasteiger partial charge in [0.05, 0.1) is 12.7 Å². The van der Waals surface area contributed by atoms with E-state index in [0.717, 1.165) is 38.1 Å². The van der Waals surface area contributed by atoms with Crippen molar-refractivity contribution in [2.45, 2.75) is 51.0 Å². The Morgan fingerprint density at radius 2 is 1.74 bits per heavy atom. The lowest BCUT2D eigenvalue weighted by molar-refractivity contribution is 0.00546. The Hall–Kier alpha value is -0.120. The molecule has 1 aliphatic carbocycles. The van der Waals surface area contributed by atoms with Gasteiger partial charge in [-0.15, -0.1) is 0 Å². The molecule has 3 fully saturated rings. The first kappa shape index (κ1) is 13.8. The van der Waals surface area contributed by atoms with Crippen molar-refractivity contribution in [3.05, 3.63) is 0 Å². The minimum atomic E-state index is 0.522. The minimum absolute atomic E-state index is 0.522. The number of hydrogen-bond donors (Lipinski definition) is 1. The molecular formula is C16H30N2O. The van der Waals surface area contributed by atoms with Gasteiger partial charge < -0.3 is 15.0 Å². The predicted octanol–water partition coefficient (Wildman–Crippen LogP) is 2.27. The van der Waals surface area contributed by atoms with Gasteiger partial charge in [0.1, 0.15) is 0 Å². The molecule has 2 heterocycles. The smallest absolute Gasteiger partial charge is 0.0600 e. The summed E-state index contributed by atoms with van der Waals surface area (Å²) >= 11 is 0. The van der Waals surface area contributed by atoms with E-state index in [4.69, 9.17) is 4.74 Å². The van der Waals surface area contributed by atoms with Gasteiger partial charge in [0.15, 0.2) is 0 Å². The van der Waals surface area contributed by atoms with Crippen LogP contribution in [-0.2, 0) is 4.74 Å². The normalized spacial score (nSPS) is 34.1. The van der Waals surface area contributed by atoms with Crippen LogP contribution >= 0.6 is 0 Å². The fourth-order valence-electron chi connectivity index (χ4n) is 4.19. The van der Waals surface area contributed by atoms with Crippen molar-refractivity contribution in [1.29, 1.82) is 0 Å². The van der Waals surface area contributed by atoms with Crippen LogP contribution in [0.4, 0.5) is 0 Å². The molecule has 19 heavy (non-hydrogen) atoms. The highest BCUT2D eigenvalue weighted by Gasteiger charge is 2.30. The molecule has 2 atom stereocenters. The second kappa shape index (κ2) is 7.05. The second-order valence-corrected chi connectivity index (χ2v) is 6.71. The fourth-order valence-corrected chi connectivity index (χ4v) is 4.19. The number of ether oxygens (including phenoxy) is 1. The number of nitrogens with one attached hydrogen (secondary N) is 1. The first-order chi connectivity index (χ1) is 9.42. The Bertz CT molecular complexity index is 265. The largest absolute Gasteiger partial charge is 0.377 e. The molecule has 0 amide bonds. The maximum Gasteiger partial charge on any atom is 0.0600 e. The number of nitrogens with zero attached hydrogens (tertiary/aromatic N) is 1. The average molecular weight is 266 g/mol. The Morgan fingerprint density at radius 3 is 2.58 bits per heavy atom. The van der Waals surface area contributed by atoms with Gasteiger partial charge in [0.25, 0.3) is 0 Å². The molecule has 0 aromatic heterocycles. The molecule has 2 saturated heterocycles. The van der Waals surface area contributed by atoms with Crippen molar-refractivity contribution in [3.8, 4) is 0 Å². The summed E-state index contributed by atoms with van der Waals surface area (Å²) in [6.45, 7) is 7.04. The van der Waals surface area contributed by atoms with Crippen LogP contribution < -0.4 is 5.32 Å². The molecule has 2 aliphatic heterocycles. The molecule has 3 nitrogen and oxygen atoms in total. The van der Waals surface area contributed by atoms with Crippen molar-refractivity contribution in [1.82, 2.24) is 10.2 Å². The van der Waals surface area contributed by atoms with E-state index in [9.17, 15) is 0 Å². The topological polar surface area (TPSA) is 24.5 Å². The van der Waals surface area contributed by atoms with E-state index in [1.165, 1.54) is 58.0 Å². The molecule has 3 heteroatoms. The highest BCUT2D eigenvalue weighted by atomic mass is 16.5. The van der Waals surface area contributed by atoms with Crippen molar-refractivity contribution in [2.24, 2.45) is 11.8 Å². The third kappa shape index (κ3) is 3.93. The van der Waals surface area contributed by atoms with E-state index in [1.54, 1.807) is 0 Å². The SMILES string of the molecule is C1CCC2CN(CCOC3CCNCC3)CCC2C1. The molecule has 0 radical (unpaired) electrons. The quantitative estimate of drug-likeness (QED) is 0.845. The van der Waals surface area contributed by atoms with Crippen molar-refractivity contribution < 1.29 is 4.74 Å². The van der Waals surface area contributed by atoms with Gasteiger partial charge >= 0.3 is 0 Å². The van der Waals surface area contributed by atoms with Crippen LogP contribution in [0.2, 0.25) is 0 Å². The summed E-state index contributed by atoms with van der Waals surface area (Å²) in [5, 5.41) is 3.40. The van der Waals surface area contributed by atoms with Crippen LogP contribution in [0.3, 0.4) is 0 Å². The number of hydrogen-bond acceptors (Lipinski definition) is 3. The lowest BCUT2D eigenvalue weighted by Gasteiger charge is -2.41. The van der Waals surface area contributed by atoms with Crippen LogP contribution in [-0.4, -0.2) is 50.3 Å². The Morgan fingerprint density at radius 1 is 0.947 bits per heavy atom. The molecule has 3 rings (SSSR count). The lowest BCUT2D eigenvalue weighted by atomic mass is 9.75. The van der Waals surface area contributed by atoms with E-state index in [-0.39, 0.29) is 0 Å². The summed E-state index contributed by atoms with van der Waals surface area (Å²) in [7, 11) is 0. The monoisotopic (exact) mass is 266 g/mol. The lowest BCUT2D eigenvalue weighted by Crippen LogP contribution is -2.43. The zero-order chi connectivity index (χ0) is 12.9. The highest BCUT2D eigenvalue weighted by Crippen LogP contribution is 2.35. The first-order valence-corrected chi connectivity index (χ1v) is 8.46. The molecule has 0 aromatic carbocycles. The van der Waals surface area contributed by atoms with Crippen molar-refractivity contribution >= 4 is 0 Å². The van der Waals surface area contributed by atoms with Crippen LogP contribution in [0.15, 0.2) is 0 Å². The van der Waals surface area contributed by atoms with Crippen LogP contribution in [0, 0.1) is 11.8 Å². The maximum atomic E-state index is 6.04. The predicted molar refractivity (Wildman–Crippen MR) is 78.3 cm³/mol. The van der Waals surface area contributed by atoms with Crippen LogP contribution in [0.25, 0.3) is 0 Å². The second-order valence-electron chi connectivity index (χ2n) is 6.71. The molecule has 1 N–H and O–H groups in total. The van der Waals surface area contributed by atoms with E-state index in [1.807, 2.05) is 0 Å². The fraction of sp³-hybridized carbons (Fsp3) is 1.00. The van der Waals surface area contributed by atoms with Crippen LogP contribution in [0.5, 0.6) is 0 Å². The molecule has 0 bridgehead atoms. The maximum absolute atomic E-state index is 6.04. The number of fused-ring (bicyclic) bond motifs is 1. The summed E-state index contributed by atoms with van der Waals surface area (Å²) in [5.41, 5.74) is 0. The standard InChI is InChI=1S/C16H30N2O/c1-2-4-15-13-18(10-7-14(15)3-1)11-12-19-16-5-8-17-9-6-16/h14-17H,1-13H2. The summed E-state index contributed by atoms with van der Waals surface area (Å²) in [4.78, 5) is 2.66. The zero-order valence-electron chi connectivity index (χ0n) is 12.3. The number of likely N-dealkylation sites (tertiary alicyclic amines) is 1. The molecular weight excluding hydrogens is 236 g/mol. The van der Waals surface area contributed by atoms with Gasteiger partial charge in [0, 0.05) is 13.1 Å². The molecule has 0 spiro atoms. The summed E-state index contributed by atoms with van der Waals surface area (Å²) in [6.07, 6.45) is 10.3. The minimum Gasteiger partial charge on any atom is -0.377 e. The number of rotatable bonds is 4. The summed E-state index contributed by atoms with van der Waals surface area (Å²) < 4.78 is 6.04. The highest BCUT2D eigenvalue weighted by molar-refractivity contribution is 4.83. The number of piperidine rings is 2. The average Bonchev–Trinajstić information content (AvgIpc) is 2.48. The zero-order valence-corrected chi connectivity index (χ0v) is 12.3. The Labute approximate surface area is 118 Å². The van der Waals surface area contributed by atoms with E-state index in [2.05, 4.69) is 10.2 Å². The van der Waals surface area contributed by atoms with E-state index < -0.39 is 0 Å². The molecule has 2 unspecified atom stereocenters. The summed E-state index contributed by atoms with van der Waals surface area (Å²) in [6, 6.07) is 0. The van der Waals surface area contributed by atoms with E-state index in [0.29, 0.717) is 6.10 Å². The van der Waals surface area contributed by atoms with Gasteiger partial charge in [-0.25, -0.2) is 0 Å². The molecule has 1 saturated carbocycles. The summed E-state index contributed by atoms with van der Waals surface area (Å²) in [5.74, 6) is 2.05.